The van der Waals surface area contributed by atoms with E-state index < -0.39 is 18.3 Å². The molecular weight excluding hydrogens is 388 g/mol. The first-order chi connectivity index (χ1) is 13.9. The molecule has 1 fully saturated rings. The molecule has 29 heavy (non-hydrogen) atoms. The van der Waals surface area contributed by atoms with Gasteiger partial charge in [-0.15, -0.1) is 13.2 Å². The summed E-state index contributed by atoms with van der Waals surface area (Å²) in [6.45, 7) is 0. The zero-order valence-electron chi connectivity index (χ0n) is 15.5. The zero-order valence-corrected chi connectivity index (χ0v) is 15.5. The average Bonchev–Trinajstić information content (AvgIpc) is 3.09. The van der Waals surface area contributed by atoms with Crippen LogP contribution in [0.15, 0.2) is 42.5 Å². The fraction of sp³-hybridized carbons (Fsp3) is 0.381. The Morgan fingerprint density at radius 1 is 1.00 bits per heavy atom. The minimum absolute atomic E-state index is 0.0322. The van der Waals surface area contributed by atoms with Crippen LogP contribution in [0.1, 0.15) is 49.6 Å². The van der Waals surface area contributed by atoms with Crippen molar-refractivity contribution in [3.63, 3.8) is 0 Å². The van der Waals surface area contributed by atoms with Crippen LogP contribution in [0.25, 0.3) is 11.0 Å². The highest BCUT2D eigenvalue weighted by molar-refractivity contribution is 5.75. The summed E-state index contributed by atoms with van der Waals surface area (Å²) in [6, 6.07) is 9.83. The van der Waals surface area contributed by atoms with Crippen molar-refractivity contribution in [1.29, 1.82) is 0 Å². The number of fused-ring (bicyclic) bond motifs is 1. The van der Waals surface area contributed by atoms with Gasteiger partial charge in [0.15, 0.2) is 0 Å². The van der Waals surface area contributed by atoms with Crippen molar-refractivity contribution in [2.24, 2.45) is 0 Å². The third-order valence-corrected chi connectivity index (χ3v) is 5.01. The number of ether oxygens (including phenoxy) is 2. The summed E-state index contributed by atoms with van der Waals surface area (Å²) < 4.78 is 61.1. The summed E-state index contributed by atoms with van der Waals surface area (Å²) in [6.07, 6.45) is -0.178. The summed E-state index contributed by atoms with van der Waals surface area (Å²) in [5.41, 5.74) is 1.77. The molecule has 154 valence electrons. The number of halogens is 4. The first-order valence-corrected chi connectivity index (χ1v) is 9.54. The standard InChI is InChI=1S/C21H20F4N2O2/c22-14-8-11-17-18(12-14)27-20(26-17)19(28-15-4-2-1-3-5-15)13-6-9-16(10-7-13)29-21(23,24)25/h6-12,15,19H,1-5H2,(H,26,27). The molecule has 2 aromatic carbocycles. The van der Waals surface area contributed by atoms with Crippen LogP contribution in [0.4, 0.5) is 17.6 Å². The first kappa shape index (κ1) is 19.7. The van der Waals surface area contributed by atoms with Crippen LogP contribution in [-0.4, -0.2) is 22.4 Å². The molecule has 0 aliphatic heterocycles. The third-order valence-electron chi connectivity index (χ3n) is 5.01. The smallest absolute Gasteiger partial charge is 0.406 e. The summed E-state index contributed by atoms with van der Waals surface area (Å²) in [4.78, 5) is 7.62. The summed E-state index contributed by atoms with van der Waals surface area (Å²) in [5, 5.41) is 0. The molecule has 1 heterocycles. The Morgan fingerprint density at radius 3 is 2.41 bits per heavy atom. The van der Waals surface area contributed by atoms with Gasteiger partial charge in [0.2, 0.25) is 0 Å². The van der Waals surface area contributed by atoms with Crippen LogP contribution in [0, 0.1) is 5.82 Å². The maximum absolute atomic E-state index is 13.5. The van der Waals surface area contributed by atoms with Gasteiger partial charge < -0.3 is 14.5 Å². The molecule has 8 heteroatoms. The summed E-state index contributed by atoms with van der Waals surface area (Å²) in [5.74, 6) is -0.209. The van der Waals surface area contributed by atoms with Crippen molar-refractivity contribution in [2.75, 3.05) is 0 Å². The molecular formula is C21H20F4N2O2. The van der Waals surface area contributed by atoms with Crippen molar-refractivity contribution >= 4 is 11.0 Å². The molecule has 0 saturated heterocycles. The molecule has 1 saturated carbocycles. The minimum atomic E-state index is -4.75. The molecule has 1 unspecified atom stereocenters. The largest absolute Gasteiger partial charge is 0.573 e. The van der Waals surface area contributed by atoms with Crippen molar-refractivity contribution in [3.8, 4) is 5.75 Å². The van der Waals surface area contributed by atoms with Gasteiger partial charge in [0.25, 0.3) is 0 Å². The van der Waals surface area contributed by atoms with Gasteiger partial charge in [-0.1, -0.05) is 31.4 Å². The highest BCUT2D eigenvalue weighted by Crippen LogP contribution is 2.33. The second-order valence-corrected chi connectivity index (χ2v) is 7.18. The maximum atomic E-state index is 13.5. The molecule has 1 atom stereocenters. The lowest BCUT2D eigenvalue weighted by atomic mass is 9.97. The van der Waals surface area contributed by atoms with Crippen LogP contribution >= 0.6 is 0 Å². The van der Waals surface area contributed by atoms with Gasteiger partial charge in [-0.05, 0) is 42.7 Å². The van der Waals surface area contributed by atoms with E-state index in [2.05, 4.69) is 14.7 Å². The van der Waals surface area contributed by atoms with E-state index >= 15 is 0 Å². The topological polar surface area (TPSA) is 47.1 Å². The number of benzene rings is 2. The number of imidazole rings is 1. The number of H-pyrrole nitrogens is 1. The van der Waals surface area contributed by atoms with Gasteiger partial charge in [0.1, 0.15) is 23.5 Å². The van der Waals surface area contributed by atoms with E-state index in [1.165, 1.54) is 36.4 Å². The van der Waals surface area contributed by atoms with Crippen LogP contribution in [-0.2, 0) is 4.74 Å². The Bertz CT molecular complexity index is 963. The van der Waals surface area contributed by atoms with E-state index in [4.69, 9.17) is 4.74 Å². The van der Waals surface area contributed by atoms with Crippen LogP contribution < -0.4 is 4.74 Å². The molecule has 1 N–H and O–H groups in total. The average molecular weight is 408 g/mol. The Labute approximate surface area is 164 Å². The highest BCUT2D eigenvalue weighted by atomic mass is 19.4. The number of rotatable bonds is 5. The molecule has 0 amide bonds. The predicted molar refractivity (Wildman–Crippen MR) is 99.0 cm³/mol. The van der Waals surface area contributed by atoms with Gasteiger partial charge >= 0.3 is 6.36 Å². The lowest BCUT2D eigenvalue weighted by Gasteiger charge is -2.27. The molecule has 1 aromatic heterocycles. The van der Waals surface area contributed by atoms with Crippen LogP contribution in [0.5, 0.6) is 5.75 Å². The van der Waals surface area contributed by atoms with E-state index in [1.54, 1.807) is 6.07 Å². The number of alkyl halides is 3. The normalized spacial score (nSPS) is 16.8. The Kier molecular flexibility index (Phi) is 5.45. The maximum Gasteiger partial charge on any atom is 0.573 e. The van der Waals surface area contributed by atoms with E-state index in [1.807, 2.05) is 0 Å². The first-order valence-electron chi connectivity index (χ1n) is 9.54. The van der Waals surface area contributed by atoms with E-state index in [0.717, 1.165) is 32.1 Å². The SMILES string of the molecule is Fc1ccc2[nH]c(C(OC3CCCCC3)c3ccc(OC(F)(F)F)cc3)nc2c1. The number of hydrogen-bond acceptors (Lipinski definition) is 3. The Hall–Kier alpha value is -2.61. The van der Waals surface area contributed by atoms with E-state index in [0.29, 0.717) is 22.4 Å². The molecule has 4 nitrogen and oxygen atoms in total. The highest BCUT2D eigenvalue weighted by Gasteiger charge is 2.31. The molecule has 4 rings (SSSR count). The number of aromatic nitrogens is 2. The molecule has 1 aliphatic carbocycles. The summed E-state index contributed by atoms with van der Waals surface area (Å²) in [7, 11) is 0. The quantitative estimate of drug-likeness (QED) is 0.524. The van der Waals surface area contributed by atoms with Gasteiger partial charge in [-0.3, -0.25) is 0 Å². The Morgan fingerprint density at radius 2 is 1.72 bits per heavy atom. The minimum Gasteiger partial charge on any atom is -0.406 e. The van der Waals surface area contributed by atoms with Crippen molar-refractivity contribution in [2.45, 2.75) is 50.7 Å². The Balaban J connectivity index is 1.65. The number of hydrogen-bond donors (Lipinski definition) is 1. The zero-order chi connectivity index (χ0) is 20.4. The molecule has 3 aromatic rings. The number of nitrogens with zero attached hydrogens (tertiary/aromatic N) is 1. The van der Waals surface area contributed by atoms with E-state index in [9.17, 15) is 17.6 Å². The summed E-state index contributed by atoms with van der Waals surface area (Å²) >= 11 is 0. The molecule has 0 spiro atoms. The van der Waals surface area contributed by atoms with Crippen LogP contribution in [0.2, 0.25) is 0 Å². The fourth-order valence-electron chi connectivity index (χ4n) is 3.66. The number of aromatic amines is 1. The lowest BCUT2D eigenvalue weighted by Crippen LogP contribution is -2.21. The van der Waals surface area contributed by atoms with Crippen molar-refractivity contribution in [3.05, 3.63) is 59.7 Å². The second-order valence-electron chi connectivity index (χ2n) is 7.18. The fourth-order valence-corrected chi connectivity index (χ4v) is 3.66. The van der Waals surface area contributed by atoms with Gasteiger partial charge in [-0.2, -0.15) is 0 Å². The number of nitrogens with one attached hydrogen (secondary N) is 1. The molecule has 1 aliphatic rings. The monoisotopic (exact) mass is 408 g/mol. The van der Waals surface area contributed by atoms with Crippen molar-refractivity contribution in [1.82, 2.24) is 9.97 Å². The van der Waals surface area contributed by atoms with Gasteiger partial charge in [0, 0.05) is 6.07 Å². The van der Waals surface area contributed by atoms with Gasteiger partial charge in [0.05, 0.1) is 17.1 Å². The second kappa shape index (κ2) is 8.02. The molecule has 0 radical (unpaired) electrons. The molecule has 0 bridgehead atoms. The van der Waals surface area contributed by atoms with Crippen molar-refractivity contribution < 1.29 is 27.0 Å². The lowest BCUT2D eigenvalue weighted by molar-refractivity contribution is -0.274. The van der Waals surface area contributed by atoms with Gasteiger partial charge in [-0.25, -0.2) is 9.37 Å². The predicted octanol–water partition coefficient (Wildman–Crippen LogP) is 6.04. The third kappa shape index (κ3) is 4.87. The van der Waals surface area contributed by atoms with E-state index in [-0.39, 0.29) is 11.9 Å². The van der Waals surface area contributed by atoms with Crippen LogP contribution in [0.3, 0.4) is 0 Å².